The molecule has 1 aromatic rings. The predicted octanol–water partition coefficient (Wildman–Crippen LogP) is 0.447. The quantitative estimate of drug-likeness (QED) is 0.832. The third-order valence-electron chi connectivity index (χ3n) is 2.10. The van der Waals surface area contributed by atoms with Crippen molar-refractivity contribution < 1.29 is 14.3 Å². The standard InChI is InChI=1S/C10H16N4O3/c1-8-6-12-14(7-8)10(16)13(3)4-5-17-9(15)11-2/h6-7H,4-5H2,1-3H3,(H,11,15). The van der Waals surface area contributed by atoms with Gasteiger partial charge in [-0.15, -0.1) is 0 Å². The molecule has 0 saturated carbocycles. The van der Waals surface area contributed by atoms with Crippen molar-refractivity contribution in [2.75, 3.05) is 27.2 Å². The number of rotatable bonds is 3. The van der Waals surface area contributed by atoms with Crippen molar-refractivity contribution in [2.45, 2.75) is 6.92 Å². The van der Waals surface area contributed by atoms with E-state index in [1.54, 1.807) is 19.4 Å². The van der Waals surface area contributed by atoms with Crippen LogP contribution in [0, 0.1) is 6.92 Å². The van der Waals surface area contributed by atoms with Gasteiger partial charge in [-0.2, -0.15) is 9.78 Å². The lowest BCUT2D eigenvalue weighted by molar-refractivity contribution is 0.135. The maximum atomic E-state index is 11.8. The second-order valence-electron chi connectivity index (χ2n) is 3.55. The van der Waals surface area contributed by atoms with Gasteiger partial charge in [0, 0.05) is 20.3 Å². The highest BCUT2D eigenvalue weighted by Gasteiger charge is 2.12. The number of nitrogens with one attached hydrogen (secondary N) is 1. The summed E-state index contributed by atoms with van der Waals surface area (Å²) in [6.45, 7) is 2.30. The molecule has 0 bridgehead atoms. The molecule has 0 fully saturated rings. The zero-order valence-electron chi connectivity index (χ0n) is 10.1. The fraction of sp³-hybridized carbons (Fsp3) is 0.500. The van der Waals surface area contributed by atoms with Gasteiger partial charge >= 0.3 is 12.1 Å². The molecule has 94 valence electrons. The molecule has 0 saturated heterocycles. The predicted molar refractivity (Wildman–Crippen MR) is 60.8 cm³/mol. The van der Waals surface area contributed by atoms with E-state index < -0.39 is 6.09 Å². The lowest BCUT2D eigenvalue weighted by Gasteiger charge is -2.16. The van der Waals surface area contributed by atoms with Crippen LogP contribution in [0.1, 0.15) is 5.56 Å². The van der Waals surface area contributed by atoms with Crippen LogP contribution in [0.5, 0.6) is 0 Å². The smallest absolute Gasteiger partial charge is 0.406 e. The van der Waals surface area contributed by atoms with Gasteiger partial charge < -0.3 is 15.0 Å². The number of nitrogens with zero attached hydrogens (tertiary/aromatic N) is 3. The summed E-state index contributed by atoms with van der Waals surface area (Å²) >= 11 is 0. The first kappa shape index (κ1) is 13.0. The van der Waals surface area contributed by atoms with Crippen LogP contribution in [0.3, 0.4) is 0 Å². The van der Waals surface area contributed by atoms with Crippen LogP contribution in [-0.2, 0) is 4.74 Å². The average molecular weight is 240 g/mol. The summed E-state index contributed by atoms with van der Waals surface area (Å²) in [6, 6.07) is -0.265. The van der Waals surface area contributed by atoms with E-state index in [2.05, 4.69) is 10.4 Å². The van der Waals surface area contributed by atoms with E-state index in [9.17, 15) is 9.59 Å². The van der Waals surface area contributed by atoms with Gasteiger partial charge in [0.1, 0.15) is 6.61 Å². The molecular formula is C10H16N4O3. The lowest BCUT2D eigenvalue weighted by atomic mass is 10.4. The van der Waals surface area contributed by atoms with Gasteiger partial charge in [-0.25, -0.2) is 9.59 Å². The molecule has 0 aliphatic carbocycles. The number of carbonyl (C=O) groups excluding carboxylic acids is 2. The first-order valence-electron chi connectivity index (χ1n) is 5.16. The van der Waals surface area contributed by atoms with Crippen molar-refractivity contribution in [2.24, 2.45) is 0 Å². The summed E-state index contributed by atoms with van der Waals surface area (Å²) in [6.07, 6.45) is 2.73. The summed E-state index contributed by atoms with van der Waals surface area (Å²) in [5, 5.41) is 6.22. The fourth-order valence-corrected chi connectivity index (χ4v) is 1.14. The van der Waals surface area contributed by atoms with Crippen LogP contribution in [0.2, 0.25) is 0 Å². The molecule has 1 rings (SSSR count). The van der Waals surface area contributed by atoms with Gasteiger partial charge in [-0.3, -0.25) is 0 Å². The Kier molecular flexibility index (Phi) is 4.50. The summed E-state index contributed by atoms with van der Waals surface area (Å²) in [5.41, 5.74) is 0.911. The Morgan fingerprint density at radius 3 is 2.82 bits per heavy atom. The molecule has 0 spiro atoms. The minimum absolute atomic E-state index is 0.141. The maximum Gasteiger partial charge on any atom is 0.406 e. The van der Waals surface area contributed by atoms with E-state index in [0.717, 1.165) is 5.56 Å². The number of hydrogen-bond donors (Lipinski definition) is 1. The molecule has 0 unspecified atom stereocenters. The van der Waals surface area contributed by atoms with Crippen molar-refractivity contribution in [3.8, 4) is 0 Å². The van der Waals surface area contributed by atoms with Crippen molar-refractivity contribution in [1.29, 1.82) is 0 Å². The molecule has 17 heavy (non-hydrogen) atoms. The van der Waals surface area contributed by atoms with Crippen molar-refractivity contribution in [3.05, 3.63) is 18.0 Å². The molecule has 2 amide bonds. The van der Waals surface area contributed by atoms with E-state index in [1.807, 2.05) is 6.92 Å². The molecule has 1 aromatic heterocycles. The van der Waals surface area contributed by atoms with Gasteiger partial charge in [0.05, 0.1) is 12.7 Å². The molecular weight excluding hydrogens is 224 g/mol. The zero-order chi connectivity index (χ0) is 12.8. The van der Waals surface area contributed by atoms with E-state index in [1.165, 1.54) is 16.6 Å². The van der Waals surface area contributed by atoms with Gasteiger partial charge in [0.15, 0.2) is 0 Å². The van der Waals surface area contributed by atoms with E-state index >= 15 is 0 Å². The number of aryl methyl sites for hydroxylation is 1. The van der Waals surface area contributed by atoms with Gasteiger partial charge in [0.2, 0.25) is 0 Å². The Hall–Kier alpha value is -2.05. The molecule has 0 aliphatic rings. The Bertz CT molecular complexity index is 402. The highest BCUT2D eigenvalue weighted by Crippen LogP contribution is 1.97. The summed E-state index contributed by atoms with van der Waals surface area (Å²) < 4.78 is 6.02. The number of amides is 2. The third-order valence-corrected chi connectivity index (χ3v) is 2.10. The van der Waals surface area contributed by atoms with Crippen molar-refractivity contribution >= 4 is 12.1 Å². The Labute approximate surface area is 99.3 Å². The largest absolute Gasteiger partial charge is 0.448 e. The summed E-state index contributed by atoms with van der Waals surface area (Å²) in [7, 11) is 3.09. The Morgan fingerprint density at radius 2 is 2.29 bits per heavy atom. The van der Waals surface area contributed by atoms with Crippen LogP contribution >= 0.6 is 0 Å². The second-order valence-corrected chi connectivity index (χ2v) is 3.55. The minimum Gasteiger partial charge on any atom is -0.448 e. The number of hydrogen-bond acceptors (Lipinski definition) is 4. The maximum absolute atomic E-state index is 11.8. The lowest BCUT2D eigenvalue weighted by Crippen LogP contribution is -2.35. The van der Waals surface area contributed by atoms with E-state index in [4.69, 9.17) is 4.74 Å². The van der Waals surface area contributed by atoms with Crippen LogP contribution in [0.15, 0.2) is 12.4 Å². The Morgan fingerprint density at radius 1 is 1.59 bits per heavy atom. The SMILES string of the molecule is CNC(=O)OCCN(C)C(=O)n1cc(C)cn1. The fourth-order valence-electron chi connectivity index (χ4n) is 1.14. The van der Waals surface area contributed by atoms with Crippen LogP contribution in [0.4, 0.5) is 9.59 Å². The van der Waals surface area contributed by atoms with Gasteiger partial charge in [-0.05, 0) is 12.5 Å². The first-order chi connectivity index (χ1) is 8.04. The normalized spacial score (nSPS) is 9.82. The number of aromatic nitrogens is 2. The molecule has 0 aromatic carbocycles. The average Bonchev–Trinajstić information content (AvgIpc) is 2.74. The highest BCUT2D eigenvalue weighted by atomic mass is 16.5. The first-order valence-corrected chi connectivity index (χ1v) is 5.16. The number of likely N-dealkylation sites (N-methyl/N-ethyl adjacent to an activating group) is 1. The highest BCUT2D eigenvalue weighted by molar-refractivity contribution is 5.75. The van der Waals surface area contributed by atoms with Crippen LogP contribution < -0.4 is 5.32 Å². The van der Waals surface area contributed by atoms with E-state index in [-0.39, 0.29) is 12.6 Å². The number of alkyl carbamates (subject to hydrolysis) is 1. The molecule has 1 N–H and O–H groups in total. The van der Waals surface area contributed by atoms with Crippen molar-refractivity contribution in [3.63, 3.8) is 0 Å². The van der Waals surface area contributed by atoms with E-state index in [0.29, 0.717) is 6.54 Å². The Balaban J connectivity index is 2.40. The summed E-state index contributed by atoms with van der Waals surface area (Å²) in [4.78, 5) is 24.0. The zero-order valence-corrected chi connectivity index (χ0v) is 10.1. The molecule has 7 heteroatoms. The van der Waals surface area contributed by atoms with Gasteiger partial charge in [-0.1, -0.05) is 0 Å². The van der Waals surface area contributed by atoms with Gasteiger partial charge in [0.25, 0.3) is 0 Å². The second kappa shape index (κ2) is 5.88. The van der Waals surface area contributed by atoms with Crippen molar-refractivity contribution in [1.82, 2.24) is 20.0 Å². The molecule has 0 radical (unpaired) electrons. The molecule has 7 nitrogen and oxygen atoms in total. The monoisotopic (exact) mass is 240 g/mol. The number of carbonyl (C=O) groups is 2. The molecule has 0 atom stereocenters. The third kappa shape index (κ3) is 3.78. The topological polar surface area (TPSA) is 76.5 Å². The summed E-state index contributed by atoms with van der Waals surface area (Å²) in [5.74, 6) is 0. The molecule has 1 heterocycles. The minimum atomic E-state index is -0.513. The molecule has 0 aliphatic heterocycles. The van der Waals surface area contributed by atoms with Crippen LogP contribution in [0.25, 0.3) is 0 Å². The number of ether oxygens (including phenoxy) is 1. The van der Waals surface area contributed by atoms with Crippen LogP contribution in [-0.4, -0.2) is 54.1 Å².